The minimum absolute atomic E-state index is 0.0550. The van der Waals surface area contributed by atoms with Crippen LogP contribution in [0.3, 0.4) is 0 Å². The number of aryl methyl sites for hydroxylation is 2. The lowest BCUT2D eigenvalue weighted by atomic mass is 10.0. The predicted octanol–water partition coefficient (Wildman–Crippen LogP) is 3.12. The number of fused-ring (bicyclic) bond motifs is 1. The number of thioether (sulfide) groups is 1. The zero-order valence-electron chi connectivity index (χ0n) is 13.1. The number of rotatable bonds is 6. The van der Waals surface area contributed by atoms with Gasteiger partial charge in [-0.25, -0.2) is 4.98 Å². The Morgan fingerprint density at radius 3 is 2.61 bits per heavy atom. The van der Waals surface area contributed by atoms with Crippen LogP contribution in [0.4, 0.5) is 0 Å². The number of carbonyl (C=O) groups excluding carboxylic acids is 1. The van der Waals surface area contributed by atoms with Crippen molar-refractivity contribution in [2.75, 3.05) is 12.4 Å². The molecule has 0 amide bonds. The van der Waals surface area contributed by atoms with Crippen LogP contribution in [0.25, 0.3) is 0 Å². The lowest BCUT2D eigenvalue weighted by Crippen LogP contribution is -2.11. The number of Topliss-reactive ketones (excluding diaryl/α,β-unsaturated/α-hetero) is 1. The number of benzene rings is 1. The number of hydrogen-bond donors (Lipinski definition) is 0. The minimum atomic E-state index is 0.0550. The molecule has 1 aliphatic carbocycles. The number of nitrogens with zero attached hydrogens (tertiary/aromatic N) is 3. The molecular weight excluding hydrogens is 310 g/mol. The van der Waals surface area contributed by atoms with Crippen molar-refractivity contribution < 1.29 is 9.53 Å². The fourth-order valence-corrected chi connectivity index (χ4v) is 3.22. The van der Waals surface area contributed by atoms with Gasteiger partial charge < -0.3 is 4.74 Å². The van der Waals surface area contributed by atoms with E-state index < -0.39 is 0 Å². The molecule has 0 spiro atoms. The Bertz CT molecular complexity index is 689. The summed E-state index contributed by atoms with van der Waals surface area (Å²) < 4.78 is 5.38. The summed E-state index contributed by atoms with van der Waals surface area (Å²) in [6, 6.07) is 7.22. The van der Waals surface area contributed by atoms with Crippen LogP contribution in [0.2, 0.25) is 0 Å². The van der Waals surface area contributed by atoms with Crippen LogP contribution >= 0.6 is 11.8 Å². The molecule has 1 aromatic carbocycles. The van der Waals surface area contributed by atoms with E-state index in [4.69, 9.17) is 4.74 Å². The maximum absolute atomic E-state index is 12.2. The van der Waals surface area contributed by atoms with E-state index in [1.165, 1.54) is 11.8 Å². The molecule has 0 N–H and O–H groups in total. The first-order valence-corrected chi connectivity index (χ1v) is 8.86. The Labute approximate surface area is 139 Å². The largest absolute Gasteiger partial charge is 0.494 e. The predicted molar refractivity (Wildman–Crippen MR) is 89.1 cm³/mol. The average molecular weight is 329 g/mol. The van der Waals surface area contributed by atoms with E-state index >= 15 is 0 Å². The summed E-state index contributed by atoms with van der Waals surface area (Å²) >= 11 is 1.35. The zero-order valence-corrected chi connectivity index (χ0v) is 13.9. The molecule has 1 heterocycles. The molecule has 2 aromatic rings. The molecule has 1 aliphatic rings. The summed E-state index contributed by atoms with van der Waals surface area (Å²) in [5.41, 5.74) is 2.73. The zero-order chi connectivity index (χ0) is 16.1. The van der Waals surface area contributed by atoms with Gasteiger partial charge in [-0.3, -0.25) is 4.79 Å². The van der Waals surface area contributed by atoms with Crippen LogP contribution in [0.5, 0.6) is 5.75 Å². The van der Waals surface area contributed by atoms with Gasteiger partial charge in [0.1, 0.15) is 5.75 Å². The minimum Gasteiger partial charge on any atom is -0.494 e. The molecule has 0 saturated heterocycles. The molecule has 0 aliphatic heterocycles. The van der Waals surface area contributed by atoms with E-state index in [9.17, 15) is 4.79 Å². The normalized spacial score (nSPS) is 13.4. The molecule has 0 unspecified atom stereocenters. The average Bonchev–Trinajstić information content (AvgIpc) is 2.60. The van der Waals surface area contributed by atoms with E-state index in [0.717, 1.165) is 42.8 Å². The van der Waals surface area contributed by atoms with Gasteiger partial charge in [0.2, 0.25) is 5.16 Å². The van der Waals surface area contributed by atoms with Crippen molar-refractivity contribution in [3.63, 3.8) is 0 Å². The van der Waals surface area contributed by atoms with Gasteiger partial charge in [-0.1, -0.05) is 11.8 Å². The highest BCUT2D eigenvalue weighted by molar-refractivity contribution is 7.99. The monoisotopic (exact) mass is 329 g/mol. The standard InChI is InChI=1S/C17H19N3O2S/c1-2-22-13-9-7-12(8-10-13)16(21)11-23-17-18-14-5-3-4-6-15(14)19-20-17/h7-10H,2-6,11H2,1H3. The number of hydrogen-bond acceptors (Lipinski definition) is 6. The topological polar surface area (TPSA) is 65.0 Å². The van der Waals surface area contributed by atoms with E-state index in [0.29, 0.717) is 23.1 Å². The second-order valence-electron chi connectivity index (χ2n) is 5.36. The summed E-state index contributed by atoms with van der Waals surface area (Å²) in [7, 11) is 0. The molecule has 5 nitrogen and oxygen atoms in total. The maximum Gasteiger partial charge on any atom is 0.209 e. The fourth-order valence-electron chi connectivity index (χ4n) is 2.52. The SMILES string of the molecule is CCOc1ccc(C(=O)CSc2nnc3c(n2)CCCC3)cc1. The van der Waals surface area contributed by atoms with Gasteiger partial charge in [0.25, 0.3) is 0 Å². The number of ketones is 1. The van der Waals surface area contributed by atoms with Gasteiger partial charge in [0.05, 0.1) is 23.7 Å². The molecule has 1 aromatic heterocycles. The van der Waals surface area contributed by atoms with E-state index in [-0.39, 0.29) is 5.78 Å². The summed E-state index contributed by atoms with van der Waals surface area (Å²) in [6.45, 7) is 2.55. The quantitative estimate of drug-likeness (QED) is 0.599. The fraction of sp³-hybridized carbons (Fsp3) is 0.412. The van der Waals surface area contributed by atoms with Gasteiger partial charge in [0.15, 0.2) is 5.78 Å². The molecule has 0 fully saturated rings. The highest BCUT2D eigenvalue weighted by Crippen LogP contribution is 2.21. The van der Waals surface area contributed by atoms with Crippen molar-refractivity contribution in [2.45, 2.75) is 37.8 Å². The molecule has 0 saturated carbocycles. The van der Waals surface area contributed by atoms with Crippen molar-refractivity contribution in [3.8, 4) is 5.75 Å². The van der Waals surface area contributed by atoms with Gasteiger partial charge >= 0.3 is 0 Å². The molecule has 0 radical (unpaired) electrons. The Morgan fingerprint density at radius 2 is 1.87 bits per heavy atom. The summed E-state index contributed by atoms with van der Waals surface area (Å²) in [5.74, 6) is 1.15. The van der Waals surface area contributed by atoms with Crippen molar-refractivity contribution >= 4 is 17.5 Å². The first-order valence-electron chi connectivity index (χ1n) is 7.87. The van der Waals surface area contributed by atoms with Crippen LogP contribution in [-0.2, 0) is 12.8 Å². The molecule has 0 atom stereocenters. The molecule has 3 rings (SSSR count). The van der Waals surface area contributed by atoms with Crippen molar-refractivity contribution in [1.82, 2.24) is 15.2 Å². The summed E-state index contributed by atoms with van der Waals surface area (Å²) in [6.07, 6.45) is 4.24. The third kappa shape index (κ3) is 4.07. The number of aromatic nitrogens is 3. The van der Waals surface area contributed by atoms with Gasteiger partial charge in [-0.15, -0.1) is 5.10 Å². The first kappa shape index (κ1) is 15.9. The number of ether oxygens (including phenoxy) is 1. The van der Waals surface area contributed by atoms with Gasteiger partial charge in [-0.05, 0) is 56.9 Å². The van der Waals surface area contributed by atoms with Gasteiger partial charge in [-0.2, -0.15) is 5.10 Å². The Balaban J connectivity index is 1.60. The van der Waals surface area contributed by atoms with Crippen LogP contribution < -0.4 is 4.74 Å². The van der Waals surface area contributed by atoms with E-state index in [1.807, 2.05) is 19.1 Å². The van der Waals surface area contributed by atoms with Crippen molar-refractivity contribution in [2.24, 2.45) is 0 Å². The van der Waals surface area contributed by atoms with Gasteiger partial charge in [0, 0.05) is 5.56 Å². The highest BCUT2D eigenvalue weighted by atomic mass is 32.2. The van der Waals surface area contributed by atoms with Crippen molar-refractivity contribution in [1.29, 1.82) is 0 Å². The lowest BCUT2D eigenvalue weighted by molar-refractivity contribution is 0.102. The Kier molecular flexibility index (Phi) is 5.23. The maximum atomic E-state index is 12.2. The second-order valence-corrected chi connectivity index (χ2v) is 6.31. The first-order chi connectivity index (χ1) is 11.3. The molecule has 120 valence electrons. The Hall–Kier alpha value is -1.95. The molecular formula is C17H19N3O2S. The third-order valence-electron chi connectivity index (χ3n) is 3.72. The van der Waals surface area contributed by atoms with Crippen LogP contribution in [0.15, 0.2) is 29.4 Å². The third-order valence-corrected chi connectivity index (χ3v) is 4.55. The number of carbonyl (C=O) groups is 1. The molecule has 6 heteroatoms. The summed E-state index contributed by atoms with van der Waals surface area (Å²) in [4.78, 5) is 16.8. The smallest absolute Gasteiger partial charge is 0.209 e. The summed E-state index contributed by atoms with van der Waals surface area (Å²) in [5, 5.41) is 8.95. The molecule has 23 heavy (non-hydrogen) atoms. The molecule has 0 bridgehead atoms. The van der Waals surface area contributed by atoms with Crippen LogP contribution in [0, 0.1) is 0 Å². The Morgan fingerprint density at radius 1 is 1.13 bits per heavy atom. The van der Waals surface area contributed by atoms with E-state index in [2.05, 4.69) is 15.2 Å². The van der Waals surface area contributed by atoms with Crippen LogP contribution in [0.1, 0.15) is 41.5 Å². The van der Waals surface area contributed by atoms with E-state index in [1.54, 1.807) is 12.1 Å². The second kappa shape index (κ2) is 7.55. The highest BCUT2D eigenvalue weighted by Gasteiger charge is 2.15. The van der Waals surface area contributed by atoms with Crippen molar-refractivity contribution in [3.05, 3.63) is 41.2 Å². The van der Waals surface area contributed by atoms with Crippen LogP contribution in [-0.4, -0.2) is 33.3 Å². The lowest BCUT2D eigenvalue weighted by Gasteiger charge is -2.12.